The van der Waals surface area contributed by atoms with Gasteiger partial charge in [0, 0.05) is 19.1 Å². The van der Waals surface area contributed by atoms with Gasteiger partial charge in [-0.25, -0.2) is 0 Å². The molecule has 0 radical (unpaired) electrons. The molecule has 2 fully saturated rings. The molecule has 1 aromatic rings. The van der Waals surface area contributed by atoms with E-state index in [4.69, 9.17) is 4.74 Å². The fraction of sp³-hybridized carbons (Fsp3) is 0.588. The van der Waals surface area contributed by atoms with Crippen molar-refractivity contribution in [2.75, 3.05) is 33.4 Å². The summed E-state index contributed by atoms with van der Waals surface area (Å²) in [6, 6.07) is 10.8. The van der Waals surface area contributed by atoms with Crippen LogP contribution in [0.1, 0.15) is 24.3 Å². The molecule has 0 aromatic heterocycles. The fourth-order valence-corrected chi connectivity index (χ4v) is 3.48. The number of carbonyl (C=O) groups excluding carboxylic acids is 1. The first-order chi connectivity index (χ1) is 10.3. The average molecular weight is 288 g/mol. The second kappa shape index (κ2) is 6.58. The van der Waals surface area contributed by atoms with Crippen LogP contribution >= 0.6 is 0 Å². The molecule has 0 bridgehead atoms. The van der Waals surface area contributed by atoms with Gasteiger partial charge in [-0.3, -0.25) is 4.79 Å². The van der Waals surface area contributed by atoms with Gasteiger partial charge in [-0.15, -0.1) is 0 Å². The van der Waals surface area contributed by atoms with Gasteiger partial charge in [0.15, 0.2) is 0 Å². The maximum atomic E-state index is 12.6. The highest BCUT2D eigenvalue weighted by molar-refractivity contribution is 5.80. The molecule has 0 spiro atoms. The number of likely N-dealkylation sites (tertiary alicyclic amines) is 1. The van der Waals surface area contributed by atoms with Crippen molar-refractivity contribution in [3.05, 3.63) is 35.9 Å². The Bertz CT molecular complexity index is 469. The lowest BCUT2D eigenvalue weighted by Gasteiger charge is -2.34. The molecule has 2 saturated heterocycles. The van der Waals surface area contributed by atoms with Crippen molar-refractivity contribution in [3.63, 3.8) is 0 Å². The summed E-state index contributed by atoms with van der Waals surface area (Å²) >= 11 is 0. The number of rotatable bonds is 3. The number of ether oxygens (including phenoxy) is 1. The van der Waals surface area contributed by atoms with E-state index in [1.54, 1.807) is 0 Å². The number of hydrogen-bond acceptors (Lipinski definition) is 3. The number of piperidine rings is 1. The molecule has 114 valence electrons. The third-order valence-electron chi connectivity index (χ3n) is 4.85. The second-order valence-electron chi connectivity index (χ2n) is 6.05. The number of benzene rings is 1. The summed E-state index contributed by atoms with van der Waals surface area (Å²) in [6.07, 6.45) is 2.13. The molecule has 2 atom stereocenters. The average Bonchev–Trinajstić information content (AvgIpc) is 3.04. The zero-order valence-electron chi connectivity index (χ0n) is 12.6. The van der Waals surface area contributed by atoms with Crippen molar-refractivity contribution in [1.82, 2.24) is 10.2 Å². The molecule has 2 aliphatic rings. The molecule has 4 nitrogen and oxygen atoms in total. The molecule has 3 rings (SSSR count). The molecule has 1 aromatic carbocycles. The van der Waals surface area contributed by atoms with Crippen LogP contribution in [0.25, 0.3) is 0 Å². The number of amides is 1. The van der Waals surface area contributed by atoms with Crippen LogP contribution in [0.5, 0.6) is 0 Å². The van der Waals surface area contributed by atoms with Gasteiger partial charge in [0.05, 0.1) is 19.1 Å². The van der Waals surface area contributed by atoms with E-state index in [2.05, 4.69) is 35.6 Å². The first kappa shape index (κ1) is 14.5. The Morgan fingerprint density at radius 2 is 1.90 bits per heavy atom. The highest BCUT2D eigenvalue weighted by atomic mass is 16.5. The van der Waals surface area contributed by atoms with Gasteiger partial charge in [-0.1, -0.05) is 30.3 Å². The van der Waals surface area contributed by atoms with Crippen LogP contribution in [0, 0.1) is 5.92 Å². The Hall–Kier alpha value is -1.39. The van der Waals surface area contributed by atoms with Crippen LogP contribution in [0.3, 0.4) is 0 Å². The molecule has 1 N–H and O–H groups in total. The normalized spacial score (nSPS) is 27.0. The largest absolute Gasteiger partial charge is 0.379 e. The quantitative estimate of drug-likeness (QED) is 0.919. The van der Waals surface area contributed by atoms with Gasteiger partial charge < -0.3 is 15.0 Å². The summed E-state index contributed by atoms with van der Waals surface area (Å²) in [5.74, 6) is 0.844. The summed E-state index contributed by atoms with van der Waals surface area (Å²) in [5.41, 5.74) is 1.40. The van der Waals surface area contributed by atoms with E-state index < -0.39 is 0 Å². The predicted molar refractivity (Wildman–Crippen MR) is 82.2 cm³/mol. The Morgan fingerprint density at radius 1 is 1.19 bits per heavy atom. The minimum atomic E-state index is -0.0109. The minimum absolute atomic E-state index is 0.0109. The van der Waals surface area contributed by atoms with E-state index >= 15 is 0 Å². The van der Waals surface area contributed by atoms with Crippen molar-refractivity contribution in [1.29, 1.82) is 0 Å². The van der Waals surface area contributed by atoms with E-state index in [1.807, 2.05) is 11.9 Å². The van der Waals surface area contributed by atoms with E-state index in [1.165, 1.54) is 5.56 Å². The van der Waals surface area contributed by atoms with Gasteiger partial charge in [-0.05, 0) is 31.4 Å². The van der Waals surface area contributed by atoms with Gasteiger partial charge >= 0.3 is 0 Å². The smallest absolute Gasteiger partial charge is 0.229 e. The van der Waals surface area contributed by atoms with Gasteiger partial charge in [0.25, 0.3) is 0 Å². The van der Waals surface area contributed by atoms with Crippen molar-refractivity contribution < 1.29 is 9.53 Å². The maximum absolute atomic E-state index is 12.6. The summed E-state index contributed by atoms with van der Waals surface area (Å²) in [6.45, 7) is 2.94. The number of nitrogens with one attached hydrogen (secondary N) is 1. The van der Waals surface area contributed by atoms with Crippen LogP contribution in [-0.4, -0.2) is 50.2 Å². The fourth-order valence-electron chi connectivity index (χ4n) is 3.48. The monoisotopic (exact) mass is 288 g/mol. The summed E-state index contributed by atoms with van der Waals surface area (Å²) < 4.78 is 5.45. The zero-order chi connectivity index (χ0) is 14.7. The molecule has 4 heteroatoms. The van der Waals surface area contributed by atoms with Crippen LogP contribution in [0.4, 0.5) is 0 Å². The van der Waals surface area contributed by atoms with Crippen molar-refractivity contribution in [2.45, 2.75) is 24.8 Å². The highest BCUT2D eigenvalue weighted by Gasteiger charge is 2.36. The highest BCUT2D eigenvalue weighted by Crippen LogP contribution is 2.29. The number of likely N-dealkylation sites (N-methyl/N-ethyl adjacent to an activating group) is 1. The lowest BCUT2D eigenvalue weighted by atomic mass is 9.89. The SMILES string of the molecule is CNC1COCC1C(=O)N1CCC(c2ccccc2)CC1. The standard InChI is InChI=1S/C17H24N2O2/c1-18-16-12-21-11-15(16)17(20)19-9-7-14(8-10-19)13-5-3-2-4-6-13/h2-6,14-16,18H,7-12H2,1H3. The first-order valence-electron chi connectivity index (χ1n) is 7.88. The molecular weight excluding hydrogens is 264 g/mol. The Morgan fingerprint density at radius 3 is 2.57 bits per heavy atom. The molecule has 0 saturated carbocycles. The van der Waals surface area contributed by atoms with Crippen molar-refractivity contribution in [3.8, 4) is 0 Å². The Labute approximate surface area is 126 Å². The van der Waals surface area contributed by atoms with E-state index in [-0.39, 0.29) is 17.9 Å². The van der Waals surface area contributed by atoms with Gasteiger partial charge in [-0.2, -0.15) is 0 Å². The molecular formula is C17H24N2O2. The van der Waals surface area contributed by atoms with E-state index in [0.717, 1.165) is 25.9 Å². The number of carbonyl (C=O) groups is 1. The van der Waals surface area contributed by atoms with Gasteiger partial charge in [0.2, 0.25) is 5.91 Å². The lowest BCUT2D eigenvalue weighted by molar-refractivity contribution is -0.137. The third-order valence-corrected chi connectivity index (χ3v) is 4.85. The maximum Gasteiger partial charge on any atom is 0.229 e. The van der Waals surface area contributed by atoms with Crippen LogP contribution in [0.2, 0.25) is 0 Å². The summed E-state index contributed by atoms with van der Waals surface area (Å²) in [5, 5.41) is 3.20. The van der Waals surface area contributed by atoms with Gasteiger partial charge in [0.1, 0.15) is 0 Å². The molecule has 21 heavy (non-hydrogen) atoms. The Balaban J connectivity index is 1.57. The minimum Gasteiger partial charge on any atom is -0.379 e. The topological polar surface area (TPSA) is 41.6 Å². The molecule has 0 aliphatic carbocycles. The molecule has 2 unspecified atom stereocenters. The third kappa shape index (κ3) is 3.11. The van der Waals surface area contributed by atoms with Crippen LogP contribution < -0.4 is 5.32 Å². The predicted octanol–water partition coefficient (Wildman–Crippen LogP) is 1.63. The van der Waals surface area contributed by atoms with E-state index in [9.17, 15) is 4.79 Å². The number of hydrogen-bond donors (Lipinski definition) is 1. The van der Waals surface area contributed by atoms with Crippen LogP contribution in [-0.2, 0) is 9.53 Å². The second-order valence-corrected chi connectivity index (χ2v) is 6.05. The van der Waals surface area contributed by atoms with E-state index in [0.29, 0.717) is 19.1 Å². The van der Waals surface area contributed by atoms with Crippen molar-refractivity contribution in [2.24, 2.45) is 5.92 Å². The van der Waals surface area contributed by atoms with Crippen molar-refractivity contribution >= 4 is 5.91 Å². The number of nitrogens with zero attached hydrogens (tertiary/aromatic N) is 1. The molecule has 2 aliphatic heterocycles. The Kier molecular flexibility index (Phi) is 4.56. The lowest BCUT2D eigenvalue weighted by Crippen LogP contribution is -2.47. The summed E-state index contributed by atoms with van der Waals surface area (Å²) in [4.78, 5) is 14.6. The first-order valence-corrected chi connectivity index (χ1v) is 7.88. The zero-order valence-corrected chi connectivity index (χ0v) is 12.6. The molecule has 2 heterocycles. The summed E-state index contributed by atoms with van der Waals surface area (Å²) in [7, 11) is 1.90. The van der Waals surface area contributed by atoms with Crippen LogP contribution in [0.15, 0.2) is 30.3 Å². The molecule has 1 amide bonds.